The van der Waals surface area contributed by atoms with Crippen LogP contribution in [0.1, 0.15) is 19.3 Å². The van der Waals surface area contributed by atoms with E-state index in [1.807, 2.05) is 18.2 Å². The maximum atomic E-state index is 11.9. The average Bonchev–Trinajstić information content (AvgIpc) is 2.42. The second kappa shape index (κ2) is 5.63. The Morgan fingerprint density at radius 3 is 2.68 bits per heavy atom. The van der Waals surface area contributed by atoms with Gasteiger partial charge in [-0.15, -0.1) is 0 Å². The number of hydrogen-bond acceptors (Lipinski definition) is 4. The van der Waals surface area contributed by atoms with E-state index in [0.29, 0.717) is 10.9 Å². The van der Waals surface area contributed by atoms with Crippen molar-refractivity contribution in [3.63, 3.8) is 0 Å². The SMILES string of the molecule is O=C(OO)C1C([Se]c2ccccc2)CCC2CCN21. The zero-order valence-corrected chi connectivity index (χ0v) is 12.3. The van der Waals surface area contributed by atoms with Crippen molar-refractivity contribution in [3.05, 3.63) is 30.3 Å². The summed E-state index contributed by atoms with van der Waals surface area (Å²) in [5.41, 5.74) is 0. The number of hydrogen-bond donors (Lipinski definition) is 1. The first-order valence-corrected chi connectivity index (χ1v) is 8.47. The Balaban J connectivity index is 1.76. The van der Waals surface area contributed by atoms with Gasteiger partial charge in [0.1, 0.15) is 0 Å². The Bertz CT molecular complexity index is 453. The second-order valence-electron chi connectivity index (χ2n) is 5.08. The van der Waals surface area contributed by atoms with Crippen molar-refractivity contribution >= 4 is 25.4 Å². The van der Waals surface area contributed by atoms with Gasteiger partial charge in [0.15, 0.2) is 0 Å². The summed E-state index contributed by atoms with van der Waals surface area (Å²) in [6, 6.07) is 10.6. The number of carbonyl (C=O) groups is 1. The number of nitrogens with zero attached hydrogens (tertiary/aromatic N) is 1. The van der Waals surface area contributed by atoms with E-state index >= 15 is 0 Å². The molecule has 3 unspecified atom stereocenters. The molecular formula is C14H17NO3Se. The van der Waals surface area contributed by atoms with Crippen molar-refractivity contribution in [3.8, 4) is 0 Å². The van der Waals surface area contributed by atoms with Gasteiger partial charge in [0.2, 0.25) is 0 Å². The van der Waals surface area contributed by atoms with E-state index in [-0.39, 0.29) is 21.0 Å². The van der Waals surface area contributed by atoms with Gasteiger partial charge in [-0.25, -0.2) is 0 Å². The molecule has 3 rings (SSSR count). The standard InChI is InChI=1S/C14H17NO3Se/c16-14(18-17)13-12(7-6-10-8-9-15(10)13)19-11-4-2-1-3-5-11/h1-5,10,12-13,17H,6-9H2. The Hall–Kier alpha value is -0.871. The number of rotatable bonds is 3. The zero-order valence-electron chi connectivity index (χ0n) is 10.6. The van der Waals surface area contributed by atoms with Gasteiger partial charge in [-0.3, -0.25) is 0 Å². The summed E-state index contributed by atoms with van der Waals surface area (Å²) in [4.78, 5) is 18.4. The van der Waals surface area contributed by atoms with E-state index < -0.39 is 5.97 Å². The van der Waals surface area contributed by atoms with Crippen LogP contribution in [0, 0.1) is 0 Å². The molecule has 5 heteroatoms. The summed E-state index contributed by atoms with van der Waals surface area (Å²) in [6.07, 6.45) is 3.38. The molecule has 19 heavy (non-hydrogen) atoms. The predicted molar refractivity (Wildman–Crippen MR) is 72.4 cm³/mol. The molecule has 0 aromatic heterocycles. The average molecular weight is 326 g/mol. The molecule has 1 N–H and O–H groups in total. The third-order valence-corrected chi connectivity index (χ3v) is 6.86. The second-order valence-corrected chi connectivity index (χ2v) is 7.84. The molecule has 102 valence electrons. The Morgan fingerprint density at radius 1 is 1.26 bits per heavy atom. The van der Waals surface area contributed by atoms with E-state index in [0.717, 1.165) is 19.4 Å². The molecular weight excluding hydrogens is 309 g/mol. The Kier molecular flexibility index (Phi) is 3.89. The first-order valence-electron chi connectivity index (χ1n) is 6.62. The van der Waals surface area contributed by atoms with Gasteiger partial charge in [-0.05, 0) is 0 Å². The fourth-order valence-electron chi connectivity index (χ4n) is 3.00. The van der Waals surface area contributed by atoms with Crippen LogP contribution in [-0.4, -0.2) is 49.7 Å². The molecule has 2 aliphatic rings. The molecule has 3 atom stereocenters. The molecule has 2 saturated heterocycles. The summed E-state index contributed by atoms with van der Waals surface area (Å²) in [5, 5.41) is 8.73. The molecule has 1 aromatic carbocycles. The van der Waals surface area contributed by atoms with Crippen molar-refractivity contribution in [2.75, 3.05) is 6.54 Å². The fourth-order valence-corrected chi connectivity index (χ4v) is 5.76. The Morgan fingerprint density at radius 2 is 2.05 bits per heavy atom. The Labute approximate surface area is 118 Å². The number of piperidine rings is 1. The molecule has 2 heterocycles. The van der Waals surface area contributed by atoms with Crippen LogP contribution < -0.4 is 4.46 Å². The number of fused-ring (bicyclic) bond motifs is 1. The summed E-state index contributed by atoms with van der Waals surface area (Å²) in [5.74, 6) is -0.479. The topological polar surface area (TPSA) is 49.8 Å². The normalized spacial score (nSPS) is 30.3. The van der Waals surface area contributed by atoms with Gasteiger partial charge >= 0.3 is 118 Å². The van der Waals surface area contributed by atoms with Gasteiger partial charge < -0.3 is 0 Å². The summed E-state index contributed by atoms with van der Waals surface area (Å²) in [6.45, 7) is 0.950. The number of carbonyl (C=O) groups excluding carboxylic acids is 1. The maximum absolute atomic E-state index is 11.9. The molecule has 0 saturated carbocycles. The summed E-state index contributed by atoms with van der Waals surface area (Å²) >= 11 is 0.237. The van der Waals surface area contributed by atoms with E-state index in [1.165, 1.54) is 10.9 Å². The monoisotopic (exact) mass is 327 g/mol. The first-order chi connectivity index (χ1) is 9.29. The first kappa shape index (κ1) is 13.1. The van der Waals surface area contributed by atoms with Crippen LogP contribution >= 0.6 is 0 Å². The minimum atomic E-state index is -0.479. The van der Waals surface area contributed by atoms with Crippen molar-refractivity contribution in [1.82, 2.24) is 4.90 Å². The van der Waals surface area contributed by atoms with Crippen LogP contribution in [-0.2, 0) is 9.68 Å². The molecule has 0 amide bonds. The van der Waals surface area contributed by atoms with Crippen molar-refractivity contribution in [1.29, 1.82) is 0 Å². The van der Waals surface area contributed by atoms with Crippen molar-refractivity contribution in [2.45, 2.75) is 36.2 Å². The van der Waals surface area contributed by atoms with Crippen LogP contribution in [0.4, 0.5) is 0 Å². The molecule has 0 spiro atoms. The summed E-state index contributed by atoms with van der Waals surface area (Å²) < 4.78 is 1.30. The van der Waals surface area contributed by atoms with Crippen LogP contribution in [0.15, 0.2) is 30.3 Å². The molecule has 1 aromatic rings. The molecule has 0 aliphatic carbocycles. The van der Waals surface area contributed by atoms with E-state index in [4.69, 9.17) is 5.26 Å². The van der Waals surface area contributed by atoms with Gasteiger partial charge in [0.25, 0.3) is 0 Å². The minimum absolute atomic E-state index is 0.237. The van der Waals surface area contributed by atoms with Crippen molar-refractivity contribution in [2.24, 2.45) is 0 Å². The van der Waals surface area contributed by atoms with Crippen LogP contribution in [0.3, 0.4) is 0 Å². The third kappa shape index (κ3) is 2.56. The van der Waals surface area contributed by atoms with Gasteiger partial charge in [-0.2, -0.15) is 0 Å². The fraction of sp³-hybridized carbons (Fsp3) is 0.500. The van der Waals surface area contributed by atoms with E-state index in [1.54, 1.807) is 0 Å². The molecule has 0 bridgehead atoms. The van der Waals surface area contributed by atoms with Crippen LogP contribution in [0.25, 0.3) is 0 Å². The van der Waals surface area contributed by atoms with Crippen molar-refractivity contribution < 1.29 is 14.9 Å². The molecule has 2 aliphatic heterocycles. The molecule has 0 radical (unpaired) electrons. The third-order valence-electron chi connectivity index (χ3n) is 4.05. The molecule has 4 nitrogen and oxygen atoms in total. The van der Waals surface area contributed by atoms with Crippen LogP contribution in [0.2, 0.25) is 4.82 Å². The number of benzene rings is 1. The van der Waals surface area contributed by atoms with Crippen LogP contribution in [0.5, 0.6) is 0 Å². The zero-order chi connectivity index (χ0) is 13.2. The quantitative estimate of drug-likeness (QED) is 0.513. The molecule has 2 fully saturated rings. The van der Waals surface area contributed by atoms with E-state index in [2.05, 4.69) is 21.9 Å². The van der Waals surface area contributed by atoms with Gasteiger partial charge in [0, 0.05) is 0 Å². The van der Waals surface area contributed by atoms with Gasteiger partial charge in [-0.1, -0.05) is 0 Å². The predicted octanol–water partition coefficient (Wildman–Crippen LogP) is 1.06. The van der Waals surface area contributed by atoms with Gasteiger partial charge in [0.05, 0.1) is 0 Å². The summed E-state index contributed by atoms with van der Waals surface area (Å²) in [7, 11) is 0. The van der Waals surface area contributed by atoms with E-state index in [9.17, 15) is 4.79 Å².